The van der Waals surface area contributed by atoms with Crippen LogP contribution in [0.2, 0.25) is 0 Å². The highest BCUT2D eigenvalue weighted by Gasteiger charge is 2.18. The Hall–Kier alpha value is -1.48. The van der Waals surface area contributed by atoms with Crippen molar-refractivity contribution in [1.29, 1.82) is 0 Å². The van der Waals surface area contributed by atoms with Crippen LogP contribution in [0, 0.1) is 0 Å². The van der Waals surface area contributed by atoms with Gasteiger partial charge in [0.15, 0.2) is 0 Å². The van der Waals surface area contributed by atoms with E-state index in [4.69, 9.17) is 0 Å². The number of anilines is 1. The van der Waals surface area contributed by atoms with Crippen molar-refractivity contribution >= 4 is 11.3 Å². The van der Waals surface area contributed by atoms with Gasteiger partial charge in [-0.25, -0.2) is 0 Å². The van der Waals surface area contributed by atoms with Gasteiger partial charge in [0.25, 0.3) is 0 Å². The molecular formula is C13H19N2O+. The number of rotatable bonds is 2. The van der Waals surface area contributed by atoms with Crippen LogP contribution in [-0.4, -0.2) is 43.8 Å². The molecule has 1 aliphatic heterocycles. The maximum absolute atomic E-state index is 9.54. The van der Waals surface area contributed by atoms with E-state index in [2.05, 4.69) is 32.5 Å². The minimum atomic E-state index is 0.328. The molecule has 0 saturated heterocycles. The van der Waals surface area contributed by atoms with Gasteiger partial charge < -0.3 is 14.9 Å². The van der Waals surface area contributed by atoms with E-state index in [-0.39, 0.29) is 0 Å². The number of quaternary nitrogens is 1. The van der Waals surface area contributed by atoms with Crippen LogP contribution < -0.4 is 5.32 Å². The lowest BCUT2D eigenvalue weighted by Gasteiger charge is -2.28. The number of nitrogens with zero attached hydrogens (tertiary/aromatic N) is 1. The third-order valence-corrected chi connectivity index (χ3v) is 2.63. The van der Waals surface area contributed by atoms with Crippen molar-refractivity contribution in [2.75, 3.05) is 39.5 Å². The predicted octanol–water partition coefficient (Wildman–Crippen LogP) is 1.91. The Balaban J connectivity index is 2.36. The smallest absolute Gasteiger partial charge is 0.116 e. The molecule has 0 spiro atoms. The van der Waals surface area contributed by atoms with Crippen LogP contribution in [-0.2, 0) is 0 Å². The molecular weight excluding hydrogens is 200 g/mol. The molecule has 2 N–H and O–H groups in total. The average Bonchev–Trinajstić information content (AvgIpc) is 2.17. The van der Waals surface area contributed by atoms with E-state index < -0.39 is 0 Å². The number of aromatic hydroxyl groups is 1. The number of phenols is 1. The standard InChI is InChI=1S/C13H18N2O/c1-15(2,3)9-10-6-7-14-13-5-4-11(16)8-12(10)13/h4-6,8,14H,7,9H2,1-3H3/p+1. The van der Waals surface area contributed by atoms with Gasteiger partial charge in [-0.2, -0.15) is 0 Å². The Labute approximate surface area is 96.6 Å². The van der Waals surface area contributed by atoms with Gasteiger partial charge in [0.2, 0.25) is 0 Å². The minimum absolute atomic E-state index is 0.328. The van der Waals surface area contributed by atoms with E-state index in [1.807, 2.05) is 12.1 Å². The molecule has 0 saturated carbocycles. The van der Waals surface area contributed by atoms with Gasteiger partial charge in [-0.15, -0.1) is 0 Å². The Morgan fingerprint density at radius 2 is 2.06 bits per heavy atom. The first-order chi connectivity index (χ1) is 7.46. The van der Waals surface area contributed by atoms with E-state index in [0.29, 0.717) is 5.75 Å². The molecule has 0 unspecified atom stereocenters. The fourth-order valence-electron chi connectivity index (χ4n) is 2.01. The van der Waals surface area contributed by atoms with E-state index in [0.717, 1.165) is 28.8 Å². The fourth-order valence-corrected chi connectivity index (χ4v) is 2.01. The molecule has 0 bridgehead atoms. The average molecular weight is 219 g/mol. The van der Waals surface area contributed by atoms with Crippen LogP contribution in [0.4, 0.5) is 5.69 Å². The lowest BCUT2D eigenvalue weighted by molar-refractivity contribution is -0.862. The maximum Gasteiger partial charge on any atom is 0.116 e. The van der Waals surface area contributed by atoms with E-state index in [1.54, 1.807) is 6.07 Å². The molecule has 3 heteroatoms. The number of fused-ring (bicyclic) bond motifs is 1. The van der Waals surface area contributed by atoms with Crippen molar-refractivity contribution < 1.29 is 9.59 Å². The van der Waals surface area contributed by atoms with Crippen molar-refractivity contribution in [3.05, 3.63) is 29.8 Å². The number of phenolic OH excluding ortho intramolecular Hbond substituents is 1. The largest absolute Gasteiger partial charge is 0.508 e. The molecule has 0 radical (unpaired) electrons. The monoisotopic (exact) mass is 219 g/mol. The Kier molecular flexibility index (Phi) is 2.64. The molecule has 1 heterocycles. The third kappa shape index (κ3) is 2.36. The first kappa shape index (κ1) is 11.0. The molecule has 86 valence electrons. The van der Waals surface area contributed by atoms with Crippen molar-refractivity contribution in [3.63, 3.8) is 0 Å². The van der Waals surface area contributed by atoms with Gasteiger partial charge >= 0.3 is 0 Å². The van der Waals surface area contributed by atoms with Gasteiger partial charge in [0, 0.05) is 23.4 Å². The zero-order chi connectivity index (χ0) is 11.8. The van der Waals surface area contributed by atoms with Crippen LogP contribution in [0.1, 0.15) is 5.56 Å². The minimum Gasteiger partial charge on any atom is -0.508 e. The van der Waals surface area contributed by atoms with Gasteiger partial charge in [-0.1, -0.05) is 6.08 Å². The molecule has 0 atom stereocenters. The number of likely N-dealkylation sites (N-methyl/N-ethyl adjacent to an activating group) is 1. The normalized spacial score (nSPS) is 15.1. The Morgan fingerprint density at radius 3 is 2.75 bits per heavy atom. The Morgan fingerprint density at radius 1 is 1.31 bits per heavy atom. The zero-order valence-electron chi connectivity index (χ0n) is 10.1. The zero-order valence-corrected chi connectivity index (χ0v) is 10.1. The number of hydrogen-bond donors (Lipinski definition) is 2. The summed E-state index contributed by atoms with van der Waals surface area (Å²) in [5.74, 6) is 0.328. The molecule has 16 heavy (non-hydrogen) atoms. The van der Waals surface area contributed by atoms with Crippen LogP contribution in [0.15, 0.2) is 24.3 Å². The number of benzene rings is 1. The highest BCUT2D eigenvalue weighted by atomic mass is 16.3. The summed E-state index contributed by atoms with van der Waals surface area (Å²) >= 11 is 0. The third-order valence-electron chi connectivity index (χ3n) is 2.63. The SMILES string of the molecule is C[N+](C)(C)CC1=CCNc2ccc(O)cc21. The summed E-state index contributed by atoms with van der Waals surface area (Å²) in [4.78, 5) is 0. The van der Waals surface area contributed by atoms with E-state index in [1.165, 1.54) is 5.57 Å². The summed E-state index contributed by atoms with van der Waals surface area (Å²) in [5.41, 5.74) is 3.54. The highest BCUT2D eigenvalue weighted by Crippen LogP contribution is 2.31. The van der Waals surface area contributed by atoms with Crippen LogP contribution in [0.5, 0.6) is 5.75 Å². The maximum atomic E-state index is 9.54. The van der Waals surface area contributed by atoms with Crippen LogP contribution >= 0.6 is 0 Å². The topological polar surface area (TPSA) is 32.3 Å². The van der Waals surface area contributed by atoms with Gasteiger partial charge in [0.05, 0.1) is 21.1 Å². The van der Waals surface area contributed by atoms with Gasteiger partial charge in [-0.05, 0) is 18.2 Å². The quantitative estimate of drug-likeness (QED) is 0.588. The molecule has 0 aliphatic carbocycles. The van der Waals surface area contributed by atoms with Gasteiger partial charge in [0.1, 0.15) is 12.3 Å². The molecule has 0 aromatic heterocycles. The lowest BCUT2D eigenvalue weighted by Crippen LogP contribution is -2.36. The van der Waals surface area contributed by atoms with Crippen molar-refractivity contribution in [1.82, 2.24) is 0 Å². The molecule has 0 amide bonds. The summed E-state index contributed by atoms with van der Waals surface area (Å²) < 4.78 is 0.890. The first-order valence-electron chi connectivity index (χ1n) is 5.52. The summed E-state index contributed by atoms with van der Waals surface area (Å²) in [6.07, 6.45) is 2.20. The second kappa shape index (κ2) is 3.83. The first-order valence-corrected chi connectivity index (χ1v) is 5.52. The van der Waals surface area contributed by atoms with Crippen LogP contribution in [0.25, 0.3) is 5.57 Å². The number of hydrogen-bond acceptors (Lipinski definition) is 2. The van der Waals surface area contributed by atoms with Crippen molar-refractivity contribution in [2.24, 2.45) is 0 Å². The summed E-state index contributed by atoms with van der Waals surface area (Å²) in [7, 11) is 6.52. The second-order valence-corrected chi connectivity index (χ2v) is 5.29. The van der Waals surface area contributed by atoms with Crippen LogP contribution in [0.3, 0.4) is 0 Å². The summed E-state index contributed by atoms with van der Waals surface area (Å²) in [5, 5.41) is 12.9. The van der Waals surface area contributed by atoms with Gasteiger partial charge in [-0.3, -0.25) is 0 Å². The van der Waals surface area contributed by atoms with E-state index in [9.17, 15) is 5.11 Å². The second-order valence-electron chi connectivity index (χ2n) is 5.29. The predicted molar refractivity (Wildman–Crippen MR) is 67.5 cm³/mol. The molecule has 1 aromatic rings. The lowest BCUT2D eigenvalue weighted by atomic mass is 9.99. The Bertz CT molecular complexity index is 430. The number of nitrogens with one attached hydrogen (secondary N) is 1. The highest BCUT2D eigenvalue weighted by molar-refractivity contribution is 5.80. The molecule has 3 nitrogen and oxygen atoms in total. The molecule has 1 aromatic carbocycles. The molecule has 0 fully saturated rings. The van der Waals surface area contributed by atoms with Crippen molar-refractivity contribution in [2.45, 2.75) is 0 Å². The molecule has 2 rings (SSSR count). The van der Waals surface area contributed by atoms with E-state index >= 15 is 0 Å². The molecule has 1 aliphatic rings. The fraction of sp³-hybridized carbons (Fsp3) is 0.385. The summed E-state index contributed by atoms with van der Waals surface area (Å²) in [6, 6.07) is 5.50. The van der Waals surface area contributed by atoms with Crippen molar-refractivity contribution in [3.8, 4) is 5.75 Å². The summed E-state index contributed by atoms with van der Waals surface area (Å²) in [6.45, 7) is 1.84.